The monoisotopic (exact) mass is 230 g/mol. The Morgan fingerprint density at radius 1 is 1.33 bits per heavy atom. The van der Waals surface area contributed by atoms with E-state index < -0.39 is 10.0 Å². The lowest BCUT2D eigenvalue weighted by Crippen LogP contribution is -2.18. The van der Waals surface area contributed by atoms with Crippen LogP contribution in [0.25, 0.3) is 0 Å². The van der Waals surface area contributed by atoms with Gasteiger partial charge in [0.15, 0.2) is 0 Å². The van der Waals surface area contributed by atoms with E-state index in [1.54, 1.807) is 12.1 Å². The summed E-state index contributed by atoms with van der Waals surface area (Å²) in [5.41, 5.74) is 11.5. The van der Waals surface area contributed by atoms with Crippen LogP contribution < -0.4 is 21.9 Å². The third-order valence-corrected chi connectivity index (χ3v) is 2.72. The van der Waals surface area contributed by atoms with Gasteiger partial charge in [0.05, 0.1) is 5.69 Å². The maximum absolute atomic E-state index is 11.2. The first-order valence-electron chi connectivity index (χ1n) is 4.31. The molecule has 7 N–H and O–H groups in total. The summed E-state index contributed by atoms with van der Waals surface area (Å²) in [6.45, 7) is 0.862. The van der Waals surface area contributed by atoms with Crippen LogP contribution in [0.4, 0.5) is 11.4 Å². The van der Waals surface area contributed by atoms with Gasteiger partial charge in [0.2, 0.25) is 10.0 Å². The molecule has 1 aromatic rings. The maximum Gasteiger partial charge on any atom is 0.240 e. The fourth-order valence-corrected chi connectivity index (χ4v) is 1.87. The predicted molar refractivity (Wildman–Crippen MR) is 59.8 cm³/mol. The number of hydrogen-bond donors (Lipinski definition) is 4. The van der Waals surface area contributed by atoms with Crippen LogP contribution in [0.15, 0.2) is 23.1 Å². The minimum Gasteiger partial charge on any atom is -0.399 e. The molecule has 0 aliphatic heterocycles. The molecule has 1 rings (SSSR count). The van der Waals surface area contributed by atoms with E-state index in [1.165, 1.54) is 6.07 Å². The Morgan fingerprint density at radius 2 is 2.00 bits per heavy atom. The third kappa shape index (κ3) is 3.08. The molecule has 0 saturated heterocycles. The van der Waals surface area contributed by atoms with Crippen LogP contribution in [-0.4, -0.2) is 21.5 Å². The van der Waals surface area contributed by atoms with Gasteiger partial charge in [-0.2, -0.15) is 0 Å². The molecule has 0 atom stereocenters. The van der Waals surface area contributed by atoms with Gasteiger partial charge in [0.25, 0.3) is 0 Å². The first-order valence-corrected chi connectivity index (χ1v) is 5.86. The van der Waals surface area contributed by atoms with Crippen LogP contribution in [-0.2, 0) is 10.0 Å². The van der Waals surface area contributed by atoms with Crippen molar-refractivity contribution in [1.29, 1.82) is 0 Å². The number of benzene rings is 1. The summed E-state index contributed by atoms with van der Waals surface area (Å²) in [5, 5.41) is 7.90. The SMILES string of the molecule is NCCNc1ccc(N)cc1S(N)(=O)=O. The first-order chi connectivity index (χ1) is 6.95. The van der Waals surface area contributed by atoms with Gasteiger partial charge in [-0.25, -0.2) is 13.6 Å². The normalized spacial score (nSPS) is 11.3. The number of hydrogen-bond acceptors (Lipinski definition) is 5. The molecule has 0 amide bonds. The van der Waals surface area contributed by atoms with Gasteiger partial charge in [-0.15, -0.1) is 0 Å². The Hall–Kier alpha value is -1.31. The maximum atomic E-state index is 11.2. The standard InChI is InChI=1S/C8H14N4O2S/c9-3-4-12-7-2-1-6(10)5-8(7)15(11,13)14/h1-2,5,12H,3-4,9-10H2,(H2,11,13,14). The summed E-state index contributed by atoms with van der Waals surface area (Å²) in [5.74, 6) is 0. The van der Waals surface area contributed by atoms with Crippen molar-refractivity contribution in [2.45, 2.75) is 4.90 Å². The average molecular weight is 230 g/mol. The molecular weight excluding hydrogens is 216 g/mol. The summed E-state index contributed by atoms with van der Waals surface area (Å²) in [6.07, 6.45) is 0. The minimum absolute atomic E-state index is 0.0176. The van der Waals surface area contributed by atoms with Crippen molar-refractivity contribution < 1.29 is 8.42 Å². The molecule has 0 radical (unpaired) electrons. The number of rotatable bonds is 4. The van der Waals surface area contributed by atoms with Crippen molar-refractivity contribution in [3.63, 3.8) is 0 Å². The number of primary sulfonamides is 1. The minimum atomic E-state index is -3.77. The summed E-state index contributed by atoms with van der Waals surface area (Å²) in [4.78, 5) is -0.0176. The van der Waals surface area contributed by atoms with Crippen molar-refractivity contribution in [2.24, 2.45) is 10.9 Å². The van der Waals surface area contributed by atoms with Crippen LogP contribution in [0.5, 0.6) is 0 Å². The second-order valence-corrected chi connectivity index (χ2v) is 4.55. The van der Waals surface area contributed by atoms with Crippen LogP contribution in [0.1, 0.15) is 0 Å². The summed E-state index contributed by atoms with van der Waals surface area (Å²) < 4.78 is 22.4. The van der Waals surface area contributed by atoms with E-state index in [9.17, 15) is 8.42 Å². The predicted octanol–water partition coefficient (Wildman–Crippen LogP) is -0.713. The Bertz CT molecular complexity index is 444. The van der Waals surface area contributed by atoms with E-state index in [0.29, 0.717) is 24.5 Å². The fourth-order valence-electron chi connectivity index (χ4n) is 1.13. The second kappa shape index (κ2) is 4.47. The van der Waals surface area contributed by atoms with Crippen molar-refractivity contribution >= 4 is 21.4 Å². The van der Waals surface area contributed by atoms with Gasteiger partial charge < -0.3 is 16.8 Å². The zero-order valence-electron chi connectivity index (χ0n) is 8.10. The lowest BCUT2D eigenvalue weighted by molar-refractivity contribution is 0.598. The topological polar surface area (TPSA) is 124 Å². The third-order valence-electron chi connectivity index (χ3n) is 1.77. The van der Waals surface area contributed by atoms with Crippen molar-refractivity contribution in [1.82, 2.24) is 0 Å². The van der Waals surface area contributed by atoms with Crippen LogP contribution >= 0.6 is 0 Å². The molecule has 7 heteroatoms. The van der Waals surface area contributed by atoms with Gasteiger partial charge in [-0.05, 0) is 18.2 Å². The Morgan fingerprint density at radius 3 is 2.53 bits per heavy atom. The number of anilines is 2. The molecule has 6 nitrogen and oxygen atoms in total. The molecule has 0 saturated carbocycles. The molecule has 0 unspecified atom stereocenters. The molecule has 1 aromatic carbocycles. The summed E-state index contributed by atoms with van der Waals surface area (Å²) in [6, 6.07) is 4.46. The van der Waals surface area contributed by atoms with Crippen LogP contribution in [0.3, 0.4) is 0 Å². The highest BCUT2D eigenvalue weighted by Crippen LogP contribution is 2.22. The van der Waals surface area contributed by atoms with Crippen LogP contribution in [0.2, 0.25) is 0 Å². The molecule has 0 spiro atoms. The molecule has 0 bridgehead atoms. The Labute approximate surface area is 88.5 Å². The zero-order chi connectivity index (χ0) is 11.5. The molecular formula is C8H14N4O2S. The van der Waals surface area contributed by atoms with Gasteiger partial charge in [-0.3, -0.25) is 0 Å². The molecule has 84 valence electrons. The van der Waals surface area contributed by atoms with Gasteiger partial charge in [0.1, 0.15) is 4.90 Å². The molecule has 0 aliphatic rings. The second-order valence-electron chi connectivity index (χ2n) is 3.02. The van der Waals surface area contributed by atoms with E-state index in [1.807, 2.05) is 0 Å². The lowest BCUT2D eigenvalue weighted by Gasteiger charge is -2.10. The van der Waals surface area contributed by atoms with Crippen molar-refractivity contribution in [2.75, 3.05) is 24.1 Å². The lowest BCUT2D eigenvalue weighted by atomic mass is 10.3. The molecule has 0 heterocycles. The molecule has 15 heavy (non-hydrogen) atoms. The van der Waals surface area contributed by atoms with E-state index in [0.717, 1.165) is 0 Å². The van der Waals surface area contributed by atoms with Crippen molar-refractivity contribution in [3.05, 3.63) is 18.2 Å². The highest BCUT2D eigenvalue weighted by Gasteiger charge is 2.13. The Kier molecular flexibility index (Phi) is 3.51. The Balaban J connectivity index is 3.15. The average Bonchev–Trinajstić information content (AvgIpc) is 2.14. The number of nitrogens with one attached hydrogen (secondary N) is 1. The number of sulfonamides is 1. The molecule has 0 aliphatic carbocycles. The van der Waals surface area contributed by atoms with Crippen molar-refractivity contribution in [3.8, 4) is 0 Å². The number of nitrogens with two attached hydrogens (primary N) is 3. The summed E-state index contributed by atoms with van der Waals surface area (Å²) >= 11 is 0. The van der Waals surface area contributed by atoms with E-state index >= 15 is 0 Å². The highest BCUT2D eigenvalue weighted by atomic mass is 32.2. The summed E-state index contributed by atoms with van der Waals surface area (Å²) in [7, 11) is -3.77. The van der Waals surface area contributed by atoms with E-state index in [-0.39, 0.29) is 4.90 Å². The quantitative estimate of drug-likeness (QED) is 0.508. The molecule has 0 fully saturated rings. The number of nitrogen functional groups attached to an aromatic ring is 1. The van der Waals surface area contributed by atoms with Crippen LogP contribution in [0, 0.1) is 0 Å². The largest absolute Gasteiger partial charge is 0.399 e. The zero-order valence-corrected chi connectivity index (χ0v) is 8.92. The van der Waals surface area contributed by atoms with E-state index in [4.69, 9.17) is 16.6 Å². The van der Waals surface area contributed by atoms with Gasteiger partial charge in [-0.1, -0.05) is 0 Å². The molecule has 0 aromatic heterocycles. The van der Waals surface area contributed by atoms with Gasteiger partial charge >= 0.3 is 0 Å². The van der Waals surface area contributed by atoms with E-state index in [2.05, 4.69) is 5.32 Å². The first kappa shape index (κ1) is 11.8. The highest BCUT2D eigenvalue weighted by molar-refractivity contribution is 7.89. The van der Waals surface area contributed by atoms with Gasteiger partial charge in [0, 0.05) is 18.8 Å². The smallest absolute Gasteiger partial charge is 0.240 e. The fraction of sp³-hybridized carbons (Fsp3) is 0.250.